The Balaban J connectivity index is 1.62. The molecule has 4 rings (SSSR count). The van der Waals surface area contributed by atoms with Gasteiger partial charge in [0.15, 0.2) is 0 Å². The topological polar surface area (TPSA) is 118 Å². The Labute approximate surface area is 184 Å². The van der Waals surface area contributed by atoms with E-state index in [-0.39, 0.29) is 17.9 Å². The van der Waals surface area contributed by atoms with Gasteiger partial charge in [-0.3, -0.25) is 14.9 Å². The van der Waals surface area contributed by atoms with Crippen LogP contribution in [0.5, 0.6) is 5.75 Å². The highest BCUT2D eigenvalue weighted by molar-refractivity contribution is 6.06. The van der Waals surface area contributed by atoms with Crippen molar-refractivity contribution in [1.82, 2.24) is 0 Å². The van der Waals surface area contributed by atoms with Gasteiger partial charge in [-0.25, -0.2) is 0 Å². The molecule has 2 heterocycles. The maximum absolute atomic E-state index is 12.9. The number of aliphatic hydroxyl groups is 1. The van der Waals surface area contributed by atoms with Gasteiger partial charge in [0.25, 0.3) is 11.6 Å². The summed E-state index contributed by atoms with van der Waals surface area (Å²) in [6.45, 7) is 1.31. The van der Waals surface area contributed by atoms with E-state index in [4.69, 9.17) is 9.15 Å². The molecule has 1 aliphatic rings. The maximum atomic E-state index is 12.9. The maximum Gasteiger partial charge on any atom is 0.293 e. The fourth-order valence-corrected chi connectivity index (χ4v) is 3.81. The molecule has 1 aromatic heterocycles. The number of nitro benzene ring substituents is 1. The van der Waals surface area contributed by atoms with E-state index in [2.05, 4.69) is 5.32 Å². The number of aliphatic hydroxyl groups excluding tert-OH is 1. The average Bonchev–Trinajstić information content (AvgIpc) is 3.51. The number of methoxy groups -OCH3 is 1. The van der Waals surface area contributed by atoms with E-state index < -0.39 is 10.8 Å². The van der Waals surface area contributed by atoms with E-state index in [0.29, 0.717) is 34.2 Å². The van der Waals surface area contributed by atoms with Gasteiger partial charge in [-0.05, 0) is 55.3 Å². The summed E-state index contributed by atoms with van der Waals surface area (Å²) in [4.78, 5) is 26.1. The zero-order valence-electron chi connectivity index (χ0n) is 17.5. The van der Waals surface area contributed by atoms with Crippen LogP contribution < -0.4 is 15.0 Å². The molecular weight excluding hydrogens is 414 g/mol. The molecule has 166 valence electrons. The highest BCUT2D eigenvalue weighted by atomic mass is 16.6. The second kappa shape index (κ2) is 9.11. The first-order chi connectivity index (χ1) is 15.5. The van der Waals surface area contributed by atoms with Crippen molar-refractivity contribution in [1.29, 1.82) is 0 Å². The number of carbonyl (C=O) groups is 1. The number of benzene rings is 2. The van der Waals surface area contributed by atoms with Gasteiger partial charge < -0.3 is 24.5 Å². The molecule has 9 heteroatoms. The highest BCUT2D eigenvalue weighted by Crippen LogP contribution is 2.34. The number of nitro groups is 1. The molecule has 1 fully saturated rings. The number of rotatable bonds is 7. The van der Waals surface area contributed by atoms with Crippen LogP contribution in [-0.2, 0) is 6.61 Å². The van der Waals surface area contributed by atoms with E-state index in [1.165, 1.54) is 13.2 Å². The second-order valence-corrected chi connectivity index (χ2v) is 7.45. The standard InChI is InChI=1S/C23H23N3O6/c1-31-22-8-5-15(21-9-6-17(14-27)32-21)12-18(22)24-23(28)16-4-7-19(20(13-16)26(29)30)25-10-2-3-11-25/h4-9,12-13,27H,2-3,10-11,14H2,1H3,(H,24,28). The minimum atomic E-state index is -0.494. The highest BCUT2D eigenvalue weighted by Gasteiger charge is 2.24. The normalized spacial score (nSPS) is 13.2. The van der Waals surface area contributed by atoms with Crippen molar-refractivity contribution in [2.24, 2.45) is 0 Å². The lowest BCUT2D eigenvalue weighted by Gasteiger charge is -2.18. The third kappa shape index (κ3) is 4.28. The first kappa shape index (κ1) is 21.4. The Hall–Kier alpha value is -3.85. The van der Waals surface area contributed by atoms with Crippen molar-refractivity contribution >= 4 is 23.0 Å². The Morgan fingerprint density at radius 3 is 2.62 bits per heavy atom. The van der Waals surface area contributed by atoms with Crippen LogP contribution >= 0.6 is 0 Å². The molecule has 0 spiro atoms. The summed E-state index contributed by atoms with van der Waals surface area (Å²) in [6.07, 6.45) is 1.98. The minimum Gasteiger partial charge on any atom is -0.495 e. The summed E-state index contributed by atoms with van der Waals surface area (Å²) in [5.41, 5.74) is 1.68. The van der Waals surface area contributed by atoms with Crippen molar-refractivity contribution in [3.05, 3.63) is 70.0 Å². The third-order valence-electron chi connectivity index (χ3n) is 5.43. The fraction of sp³-hybridized carbons (Fsp3) is 0.261. The first-order valence-corrected chi connectivity index (χ1v) is 10.2. The summed E-state index contributed by atoms with van der Waals surface area (Å²) < 4.78 is 10.9. The number of ether oxygens (including phenoxy) is 1. The Morgan fingerprint density at radius 1 is 1.19 bits per heavy atom. The van der Waals surface area contributed by atoms with Gasteiger partial charge in [-0.1, -0.05) is 0 Å². The van der Waals surface area contributed by atoms with Gasteiger partial charge in [0.2, 0.25) is 0 Å². The van der Waals surface area contributed by atoms with Crippen LogP contribution in [0.4, 0.5) is 17.1 Å². The summed E-state index contributed by atoms with van der Waals surface area (Å²) in [5.74, 6) is 0.885. The molecule has 32 heavy (non-hydrogen) atoms. The number of nitrogens with zero attached hydrogens (tertiary/aromatic N) is 2. The lowest BCUT2D eigenvalue weighted by molar-refractivity contribution is -0.384. The molecule has 2 N–H and O–H groups in total. The number of amides is 1. The monoisotopic (exact) mass is 437 g/mol. The van der Waals surface area contributed by atoms with Crippen LogP contribution in [0, 0.1) is 10.1 Å². The average molecular weight is 437 g/mol. The smallest absolute Gasteiger partial charge is 0.293 e. The zero-order chi connectivity index (χ0) is 22.7. The SMILES string of the molecule is COc1ccc(-c2ccc(CO)o2)cc1NC(=O)c1ccc(N2CCCC2)c([N+](=O)[O-])c1. The number of hydrogen-bond donors (Lipinski definition) is 2. The number of anilines is 2. The summed E-state index contributed by atoms with van der Waals surface area (Å²) in [7, 11) is 1.48. The van der Waals surface area contributed by atoms with Gasteiger partial charge in [0.05, 0.1) is 17.7 Å². The lowest BCUT2D eigenvalue weighted by Crippen LogP contribution is -2.20. The van der Waals surface area contributed by atoms with Crippen LogP contribution in [0.25, 0.3) is 11.3 Å². The molecule has 0 bridgehead atoms. The van der Waals surface area contributed by atoms with Crippen molar-refractivity contribution < 1.29 is 24.0 Å². The van der Waals surface area contributed by atoms with E-state index in [1.807, 2.05) is 4.90 Å². The van der Waals surface area contributed by atoms with E-state index in [1.54, 1.807) is 42.5 Å². The molecule has 0 unspecified atom stereocenters. The Kier molecular flexibility index (Phi) is 6.09. The molecule has 0 atom stereocenters. The third-order valence-corrected chi connectivity index (χ3v) is 5.43. The van der Waals surface area contributed by atoms with Crippen LogP contribution in [0.3, 0.4) is 0 Å². The summed E-state index contributed by atoms with van der Waals surface area (Å²) >= 11 is 0. The van der Waals surface area contributed by atoms with Crippen LogP contribution in [0.15, 0.2) is 52.9 Å². The summed E-state index contributed by atoms with van der Waals surface area (Å²) in [5, 5.41) is 23.6. The van der Waals surface area contributed by atoms with Crippen molar-refractivity contribution in [3.8, 4) is 17.1 Å². The molecule has 0 aliphatic carbocycles. The molecule has 1 amide bonds. The van der Waals surface area contributed by atoms with Gasteiger partial charge in [-0.15, -0.1) is 0 Å². The summed E-state index contributed by atoms with van der Waals surface area (Å²) in [6, 6.07) is 13.0. The van der Waals surface area contributed by atoms with Crippen molar-refractivity contribution in [2.45, 2.75) is 19.4 Å². The zero-order valence-corrected chi connectivity index (χ0v) is 17.5. The Morgan fingerprint density at radius 2 is 1.97 bits per heavy atom. The molecule has 3 aromatic rings. The minimum absolute atomic E-state index is 0.0904. The number of furan rings is 1. The number of nitrogens with one attached hydrogen (secondary N) is 1. The van der Waals surface area contributed by atoms with Crippen LogP contribution in [0.1, 0.15) is 29.0 Å². The van der Waals surface area contributed by atoms with E-state index in [0.717, 1.165) is 25.9 Å². The number of hydrogen-bond acceptors (Lipinski definition) is 7. The fourth-order valence-electron chi connectivity index (χ4n) is 3.81. The molecular formula is C23H23N3O6. The van der Waals surface area contributed by atoms with Gasteiger partial charge in [0, 0.05) is 30.3 Å². The second-order valence-electron chi connectivity index (χ2n) is 7.45. The predicted octanol–water partition coefficient (Wildman–Crippen LogP) is 4.21. The van der Waals surface area contributed by atoms with Crippen molar-refractivity contribution in [2.75, 3.05) is 30.4 Å². The van der Waals surface area contributed by atoms with E-state index >= 15 is 0 Å². The molecule has 0 radical (unpaired) electrons. The van der Waals surface area contributed by atoms with Gasteiger partial charge in [0.1, 0.15) is 29.6 Å². The molecule has 1 saturated heterocycles. The lowest BCUT2D eigenvalue weighted by atomic mass is 10.1. The molecule has 1 aliphatic heterocycles. The van der Waals surface area contributed by atoms with Crippen molar-refractivity contribution in [3.63, 3.8) is 0 Å². The van der Waals surface area contributed by atoms with Gasteiger partial charge in [-0.2, -0.15) is 0 Å². The van der Waals surface area contributed by atoms with Crippen LogP contribution in [-0.4, -0.2) is 36.1 Å². The predicted molar refractivity (Wildman–Crippen MR) is 119 cm³/mol. The first-order valence-electron chi connectivity index (χ1n) is 10.2. The largest absolute Gasteiger partial charge is 0.495 e. The molecule has 0 saturated carbocycles. The molecule has 9 nitrogen and oxygen atoms in total. The van der Waals surface area contributed by atoms with E-state index in [9.17, 15) is 20.0 Å². The van der Waals surface area contributed by atoms with Gasteiger partial charge >= 0.3 is 0 Å². The van der Waals surface area contributed by atoms with Crippen LogP contribution in [0.2, 0.25) is 0 Å². The quantitative estimate of drug-likeness (QED) is 0.420. The molecule has 2 aromatic carbocycles. The number of carbonyl (C=O) groups excluding carboxylic acids is 1. The Bertz CT molecular complexity index is 1150.